The number of sulfonamides is 2. The number of hydrogen-bond donors (Lipinski definition) is 1. The van der Waals surface area contributed by atoms with Crippen molar-refractivity contribution >= 4 is 31.6 Å². The standard InChI is InChI=1S/C12H11ClN2O4S2/c13-11-5-3-4-10(8-11)9-20(16,17)15-21(18,19)12-6-1-2-7-14-12/h1-8,15H,9H2. The monoisotopic (exact) mass is 346 g/mol. The van der Waals surface area contributed by atoms with Gasteiger partial charge in [-0.2, -0.15) is 0 Å². The van der Waals surface area contributed by atoms with E-state index in [1.54, 1.807) is 22.3 Å². The molecule has 1 N–H and O–H groups in total. The van der Waals surface area contributed by atoms with E-state index in [2.05, 4.69) is 4.98 Å². The average Bonchev–Trinajstić information content (AvgIpc) is 2.38. The highest BCUT2D eigenvalue weighted by molar-refractivity contribution is 8.04. The molecule has 0 amide bonds. The third-order valence-corrected chi connectivity index (χ3v) is 6.03. The minimum absolute atomic E-state index is 0.361. The molecule has 0 spiro atoms. The van der Waals surface area contributed by atoms with E-state index in [0.29, 0.717) is 10.6 Å². The Kier molecular flexibility index (Phi) is 4.62. The lowest BCUT2D eigenvalue weighted by Gasteiger charge is -2.07. The second-order valence-electron chi connectivity index (χ2n) is 4.14. The molecule has 6 nitrogen and oxygen atoms in total. The Bertz CT molecular complexity index is 837. The SMILES string of the molecule is O=S(=O)(Cc1cccc(Cl)c1)NS(=O)(=O)c1ccccn1. The fraction of sp³-hybridized carbons (Fsp3) is 0.0833. The van der Waals surface area contributed by atoms with Crippen LogP contribution in [0.3, 0.4) is 0 Å². The molecule has 0 aliphatic rings. The van der Waals surface area contributed by atoms with Crippen LogP contribution in [0.4, 0.5) is 0 Å². The van der Waals surface area contributed by atoms with Crippen LogP contribution in [0.2, 0.25) is 5.02 Å². The van der Waals surface area contributed by atoms with Gasteiger partial charge >= 0.3 is 0 Å². The largest absolute Gasteiger partial charge is 0.270 e. The number of nitrogens with zero attached hydrogens (tertiary/aromatic N) is 1. The molecule has 0 aliphatic heterocycles. The van der Waals surface area contributed by atoms with Crippen molar-refractivity contribution < 1.29 is 16.8 Å². The van der Waals surface area contributed by atoms with Crippen LogP contribution >= 0.6 is 11.6 Å². The zero-order valence-electron chi connectivity index (χ0n) is 10.6. The number of rotatable bonds is 5. The summed E-state index contributed by atoms with van der Waals surface area (Å²) >= 11 is 5.76. The first kappa shape index (κ1) is 15.9. The van der Waals surface area contributed by atoms with E-state index in [1.165, 1.54) is 30.5 Å². The molecule has 1 heterocycles. The molecule has 0 saturated carbocycles. The van der Waals surface area contributed by atoms with Crippen molar-refractivity contribution in [2.24, 2.45) is 0 Å². The van der Waals surface area contributed by atoms with Gasteiger partial charge in [-0.1, -0.05) is 29.8 Å². The smallest absolute Gasteiger partial charge is 0.243 e. The number of nitrogens with one attached hydrogen (secondary N) is 1. The van der Waals surface area contributed by atoms with Gasteiger partial charge in [0.2, 0.25) is 10.0 Å². The van der Waals surface area contributed by atoms with Gasteiger partial charge in [0.15, 0.2) is 5.03 Å². The molecule has 0 aliphatic carbocycles. The van der Waals surface area contributed by atoms with E-state index >= 15 is 0 Å². The predicted octanol–water partition coefficient (Wildman–Crippen LogP) is 1.54. The Labute approximate surface area is 127 Å². The second kappa shape index (κ2) is 6.10. The van der Waals surface area contributed by atoms with Crippen LogP contribution < -0.4 is 4.13 Å². The van der Waals surface area contributed by atoms with Gasteiger partial charge in [-0.05, 0) is 29.8 Å². The Balaban J connectivity index is 2.22. The summed E-state index contributed by atoms with van der Waals surface area (Å²) in [7, 11) is -8.32. The summed E-state index contributed by atoms with van der Waals surface area (Å²) in [6, 6.07) is 10.4. The first-order valence-electron chi connectivity index (χ1n) is 5.70. The third-order valence-electron chi connectivity index (χ3n) is 2.40. The van der Waals surface area contributed by atoms with E-state index in [1.807, 2.05) is 0 Å². The van der Waals surface area contributed by atoms with E-state index in [-0.39, 0.29) is 5.03 Å². The van der Waals surface area contributed by atoms with Crippen LogP contribution in [0, 0.1) is 0 Å². The molecule has 9 heteroatoms. The van der Waals surface area contributed by atoms with Crippen molar-refractivity contribution in [3.63, 3.8) is 0 Å². The zero-order chi connectivity index (χ0) is 15.5. The van der Waals surface area contributed by atoms with Crippen molar-refractivity contribution in [1.29, 1.82) is 0 Å². The van der Waals surface area contributed by atoms with Gasteiger partial charge in [-0.3, -0.25) is 0 Å². The minimum atomic E-state index is -4.23. The van der Waals surface area contributed by atoms with Gasteiger partial charge in [0, 0.05) is 11.2 Å². The summed E-state index contributed by atoms with van der Waals surface area (Å²) in [6.07, 6.45) is 1.26. The lowest BCUT2D eigenvalue weighted by atomic mass is 10.2. The molecule has 0 radical (unpaired) electrons. The Morgan fingerprint density at radius 3 is 2.43 bits per heavy atom. The number of halogens is 1. The molecule has 1 aromatic heterocycles. The molecule has 0 saturated heterocycles. The molecule has 21 heavy (non-hydrogen) atoms. The number of hydrogen-bond acceptors (Lipinski definition) is 5. The minimum Gasteiger partial charge on any atom is -0.243 e. The Morgan fingerprint density at radius 2 is 1.81 bits per heavy atom. The summed E-state index contributed by atoms with van der Waals surface area (Å²) in [4.78, 5) is 3.62. The third kappa shape index (κ3) is 4.50. The van der Waals surface area contributed by atoms with Gasteiger partial charge in [0.05, 0.1) is 5.75 Å². The summed E-state index contributed by atoms with van der Waals surface area (Å²) in [5.74, 6) is -0.500. The quantitative estimate of drug-likeness (QED) is 0.886. The molecule has 1 aromatic carbocycles. The summed E-state index contributed by atoms with van der Waals surface area (Å²) < 4.78 is 49.4. The van der Waals surface area contributed by atoms with Gasteiger partial charge in [0.25, 0.3) is 10.0 Å². The van der Waals surface area contributed by atoms with Crippen molar-refractivity contribution in [3.05, 3.63) is 59.2 Å². The van der Waals surface area contributed by atoms with Gasteiger partial charge in [0.1, 0.15) is 0 Å². The number of aromatic nitrogens is 1. The van der Waals surface area contributed by atoms with Gasteiger partial charge in [-0.15, -0.1) is 4.13 Å². The maximum absolute atomic E-state index is 11.9. The highest BCUT2D eigenvalue weighted by Gasteiger charge is 2.24. The van der Waals surface area contributed by atoms with Crippen LogP contribution in [0.25, 0.3) is 0 Å². The van der Waals surface area contributed by atoms with Gasteiger partial charge in [-0.25, -0.2) is 21.8 Å². The number of benzene rings is 1. The van der Waals surface area contributed by atoms with Crippen LogP contribution in [-0.4, -0.2) is 21.8 Å². The molecule has 2 rings (SSSR count). The Hall–Kier alpha value is -1.48. The first-order chi connectivity index (χ1) is 9.78. The molecule has 112 valence electrons. The maximum Gasteiger partial charge on any atom is 0.270 e. The highest BCUT2D eigenvalue weighted by atomic mass is 35.5. The molecular weight excluding hydrogens is 336 g/mol. The Morgan fingerprint density at radius 1 is 1.05 bits per heavy atom. The summed E-state index contributed by atoms with van der Waals surface area (Å²) in [6.45, 7) is 0. The van der Waals surface area contributed by atoms with Crippen molar-refractivity contribution in [1.82, 2.24) is 9.11 Å². The van der Waals surface area contributed by atoms with Gasteiger partial charge < -0.3 is 0 Å². The highest BCUT2D eigenvalue weighted by Crippen LogP contribution is 2.14. The lowest BCUT2D eigenvalue weighted by molar-refractivity contribution is 0.574. The molecule has 0 bridgehead atoms. The van der Waals surface area contributed by atoms with Crippen LogP contribution in [-0.2, 0) is 25.8 Å². The zero-order valence-corrected chi connectivity index (χ0v) is 13.0. The lowest BCUT2D eigenvalue weighted by Crippen LogP contribution is -2.32. The normalized spacial score (nSPS) is 12.2. The summed E-state index contributed by atoms with van der Waals surface area (Å²) in [5, 5.41) is 0.00922. The van der Waals surface area contributed by atoms with Crippen LogP contribution in [0.1, 0.15) is 5.56 Å². The molecule has 0 unspecified atom stereocenters. The van der Waals surface area contributed by atoms with E-state index < -0.39 is 25.8 Å². The maximum atomic E-state index is 11.9. The van der Waals surface area contributed by atoms with Crippen molar-refractivity contribution in [2.45, 2.75) is 10.8 Å². The average molecular weight is 347 g/mol. The fourth-order valence-electron chi connectivity index (χ4n) is 1.59. The molecule has 0 atom stereocenters. The summed E-state index contributed by atoms with van der Waals surface area (Å²) in [5.41, 5.74) is 0.381. The molecule has 0 fully saturated rings. The van der Waals surface area contributed by atoms with E-state index in [4.69, 9.17) is 11.6 Å². The van der Waals surface area contributed by atoms with E-state index in [9.17, 15) is 16.8 Å². The second-order valence-corrected chi connectivity index (χ2v) is 8.19. The predicted molar refractivity (Wildman–Crippen MR) is 78.6 cm³/mol. The van der Waals surface area contributed by atoms with Crippen LogP contribution in [0.15, 0.2) is 53.7 Å². The van der Waals surface area contributed by atoms with Crippen molar-refractivity contribution in [3.8, 4) is 0 Å². The number of pyridine rings is 1. The first-order valence-corrected chi connectivity index (χ1v) is 9.22. The van der Waals surface area contributed by atoms with Crippen LogP contribution in [0.5, 0.6) is 0 Å². The topological polar surface area (TPSA) is 93.2 Å². The van der Waals surface area contributed by atoms with E-state index in [0.717, 1.165) is 0 Å². The fourth-order valence-corrected chi connectivity index (χ4v) is 4.79. The van der Waals surface area contributed by atoms with Crippen molar-refractivity contribution in [2.75, 3.05) is 0 Å². The molecular formula is C12H11ClN2O4S2. The molecule has 2 aromatic rings.